The van der Waals surface area contributed by atoms with Crippen LogP contribution in [-0.2, 0) is 11.3 Å². The molecule has 0 atom stereocenters. The number of carbonyl (C=O) groups excluding carboxylic acids is 2. The maximum atomic E-state index is 12.7. The highest BCUT2D eigenvalue weighted by Crippen LogP contribution is 2.31. The SMILES string of the molecule is CC(=O)N1CCC(Oc2cc(C(=O)NCc3ccc(Cl)cc3)ncc2-c2nnc(C)o2)CC1. The Labute approximate surface area is 196 Å². The molecule has 1 fully saturated rings. The Bertz CT molecular complexity index is 1140. The van der Waals surface area contributed by atoms with E-state index in [9.17, 15) is 9.59 Å². The van der Waals surface area contributed by atoms with Crippen molar-refractivity contribution in [3.05, 3.63) is 58.7 Å². The number of pyridine rings is 1. The van der Waals surface area contributed by atoms with Crippen molar-refractivity contribution >= 4 is 23.4 Å². The van der Waals surface area contributed by atoms with E-state index in [2.05, 4.69) is 20.5 Å². The zero-order valence-electron chi connectivity index (χ0n) is 18.4. The van der Waals surface area contributed by atoms with Crippen LogP contribution in [0.4, 0.5) is 0 Å². The fourth-order valence-electron chi connectivity index (χ4n) is 3.57. The normalized spacial score (nSPS) is 14.2. The third-order valence-corrected chi connectivity index (χ3v) is 5.65. The number of halogens is 1. The first-order chi connectivity index (χ1) is 15.9. The van der Waals surface area contributed by atoms with Crippen molar-refractivity contribution in [1.82, 2.24) is 25.4 Å². The standard InChI is InChI=1S/C23H24ClN5O4/c1-14-27-28-23(32-14)19-13-25-20(22(31)26-12-16-3-5-17(24)6-4-16)11-21(19)33-18-7-9-29(10-8-18)15(2)30/h3-6,11,13,18H,7-10,12H2,1-2H3,(H,26,31). The minimum absolute atomic E-state index is 0.0547. The van der Waals surface area contributed by atoms with E-state index in [1.165, 1.54) is 6.20 Å². The Morgan fingerprint density at radius 3 is 2.58 bits per heavy atom. The smallest absolute Gasteiger partial charge is 0.270 e. The number of amides is 2. The predicted octanol–water partition coefficient (Wildman–Crippen LogP) is 3.41. The van der Waals surface area contributed by atoms with E-state index in [4.69, 9.17) is 20.8 Å². The van der Waals surface area contributed by atoms with E-state index in [1.807, 2.05) is 12.1 Å². The van der Waals surface area contributed by atoms with Crippen LogP contribution >= 0.6 is 11.6 Å². The van der Waals surface area contributed by atoms with Crippen LogP contribution in [0.15, 0.2) is 40.9 Å². The van der Waals surface area contributed by atoms with Crippen molar-refractivity contribution < 1.29 is 18.7 Å². The van der Waals surface area contributed by atoms with Gasteiger partial charge in [-0.25, -0.2) is 4.98 Å². The van der Waals surface area contributed by atoms with E-state index in [0.29, 0.717) is 54.7 Å². The van der Waals surface area contributed by atoms with E-state index in [0.717, 1.165) is 5.56 Å². The molecule has 1 saturated heterocycles. The predicted molar refractivity (Wildman–Crippen MR) is 121 cm³/mol. The lowest BCUT2D eigenvalue weighted by atomic mass is 10.1. The second-order valence-electron chi connectivity index (χ2n) is 7.82. The van der Waals surface area contributed by atoms with Crippen LogP contribution in [0.2, 0.25) is 5.02 Å². The van der Waals surface area contributed by atoms with Crippen LogP contribution in [0.25, 0.3) is 11.5 Å². The molecule has 1 aliphatic rings. The molecule has 1 aromatic carbocycles. The third kappa shape index (κ3) is 5.67. The number of benzene rings is 1. The molecular weight excluding hydrogens is 446 g/mol. The van der Waals surface area contributed by atoms with E-state index in [-0.39, 0.29) is 29.5 Å². The van der Waals surface area contributed by atoms with Crippen LogP contribution in [0.3, 0.4) is 0 Å². The van der Waals surface area contributed by atoms with Gasteiger partial charge in [-0.2, -0.15) is 0 Å². The monoisotopic (exact) mass is 469 g/mol. The molecule has 9 nitrogen and oxygen atoms in total. The molecular formula is C23H24ClN5O4. The minimum atomic E-state index is -0.338. The van der Waals surface area contributed by atoms with Gasteiger partial charge in [-0.3, -0.25) is 9.59 Å². The van der Waals surface area contributed by atoms with Crippen molar-refractivity contribution in [2.24, 2.45) is 0 Å². The first-order valence-corrected chi connectivity index (χ1v) is 11.0. The van der Waals surface area contributed by atoms with Gasteiger partial charge in [0.2, 0.25) is 11.8 Å². The summed E-state index contributed by atoms with van der Waals surface area (Å²) < 4.78 is 11.8. The summed E-state index contributed by atoms with van der Waals surface area (Å²) in [7, 11) is 0. The van der Waals surface area contributed by atoms with Gasteiger partial charge in [-0.15, -0.1) is 10.2 Å². The van der Waals surface area contributed by atoms with Gasteiger partial charge in [0, 0.05) is 63.6 Å². The molecule has 1 N–H and O–H groups in total. The lowest BCUT2D eigenvalue weighted by molar-refractivity contribution is -0.130. The Hall–Kier alpha value is -3.46. The summed E-state index contributed by atoms with van der Waals surface area (Å²) in [4.78, 5) is 30.4. The molecule has 0 unspecified atom stereocenters. The molecule has 1 aliphatic heterocycles. The molecule has 0 bridgehead atoms. The number of aromatic nitrogens is 3. The number of carbonyl (C=O) groups is 2. The zero-order chi connectivity index (χ0) is 23.4. The lowest BCUT2D eigenvalue weighted by Crippen LogP contribution is -2.40. The zero-order valence-corrected chi connectivity index (χ0v) is 19.1. The summed E-state index contributed by atoms with van der Waals surface area (Å²) in [5.41, 5.74) is 1.64. The van der Waals surface area contributed by atoms with Crippen LogP contribution in [0, 0.1) is 6.92 Å². The van der Waals surface area contributed by atoms with E-state index >= 15 is 0 Å². The van der Waals surface area contributed by atoms with Gasteiger partial charge >= 0.3 is 0 Å². The summed E-state index contributed by atoms with van der Waals surface area (Å²) in [6.07, 6.45) is 2.75. The second-order valence-corrected chi connectivity index (χ2v) is 8.26. The molecule has 0 saturated carbocycles. The molecule has 172 valence electrons. The number of ether oxygens (including phenoxy) is 1. The fourth-order valence-corrected chi connectivity index (χ4v) is 3.69. The molecule has 3 aromatic rings. The van der Waals surface area contributed by atoms with Gasteiger partial charge in [-0.1, -0.05) is 23.7 Å². The molecule has 0 aliphatic carbocycles. The van der Waals surface area contributed by atoms with Crippen LogP contribution in [-0.4, -0.2) is 51.1 Å². The quantitative estimate of drug-likeness (QED) is 0.588. The summed E-state index contributed by atoms with van der Waals surface area (Å²) in [6.45, 7) is 4.83. The molecule has 2 amide bonds. The van der Waals surface area contributed by atoms with Gasteiger partial charge in [0.1, 0.15) is 17.5 Å². The second kappa shape index (κ2) is 9.99. The maximum Gasteiger partial charge on any atom is 0.270 e. The number of rotatable bonds is 6. The molecule has 2 aromatic heterocycles. The number of aryl methyl sites for hydroxylation is 1. The maximum absolute atomic E-state index is 12.7. The Morgan fingerprint density at radius 1 is 1.21 bits per heavy atom. The van der Waals surface area contributed by atoms with E-state index in [1.54, 1.807) is 36.9 Å². The van der Waals surface area contributed by atoms with Gasteiger partial charge in [-0.05, 0) is 17.7 Å². The van der Waals surface area contributed by atoms with Crippen molar-refractivity contribution in [3.63, 3.8) is 0 Å². The van der Waals surface area contributed by atoms with Crippen molar-refractivity contribution in [2.75, 3.05) is 13.1 Å². The molecule has 4 rings (SSSR count). The largest absolute Gasteiger partial charge is 0.489 e. The first kappa shape index (κ1) is 22.7. The van der Waals surface area contributed by atoms with Crippen LogP contribution in [0.5, 0.6) is 5.75 Å². The topological polar surface area (TPSA) is 110 Å². The molecule has 0 spiro atoms. The molecule has 0 radical (unpaired) electrons. The number of nitrogens with one attached hydrogen (secondary N) is 1. The van der Waals surface area contributed by atoms with Crippen molar-refractivity contribution in [3.8, 4) is 17.2 Å². The molecule has 33 heavy (non-hydrogen) atoms. The van der Waals surface area contributed by atoms with Gasteiger partial charge in [0.15, 0.2) is 0 Å². The third-order valence-electron chi connectivity index (χ3n) is 5.40. The highest BCUT2D eigenvalue weighted by Gasteiger charge is 2.25. The number of hydrogen-bond acceptors (Lipinski definition) is 7. The highest BCUT2D eigenvalue weighted by molar-refractivity contribution is 6.30. The first-order valence-electron chi connectivity index (χ1n) is 10.6. The average molecular weight is 470 g/mol. The van der Waals surface area contributed by atoms with Gasteiger partial charge in [0.25, 0.3) is 11.8 Å². The van der Waals surface area contributed by atoms with Crippen LogP contribution in [0.1, 0.15) is 41.7 Å². The minimum Gasteiger partial charge on any atom is -0.489 e. The number of hydrogen-bond donors (Lipinski definition) is 1. The van der Waals surface area contributed by atoms with Crippen LogP contribution < -0.4 is 10.1 Å². The Morgan fingerprint density at radius 2 is 1.94 bits per heavy atom. The lowest BCUT2D eigenvalue weighted by Gasteiger charge is -2.31. The molecule has 3 heterocycles. The Balaban J connectivity index is 1.52. The van der Waals surface area contributed by atoms with E-state index < -0.39 is 0 Å². The summed E-state index contributed by atoms with van der Waals surface area (Å²) in [6, 6.07) is 8.82. The number of nitrogens with zero attached hydrogens (tertiary/aromatic N) is 4. The van der Waals surface area contributed by atoms with Crippen molar-refractivity contribution in [1.29, 1.82) is 0 Å². The van der Waals surface area contributed by atoms with Crippen molar-refractivity contribution in [2.45, 2.75) is 39.3 Å². The van der Waals surface area contributed by atoms with Gasteiger partial charge in [0.05, 0.1) is 5.56 Å². The summed E-state index contributed by atoms with van der Waals surface area (Å²) in [5, 5.41) is 11.4. The Kier molecular flexibility index (Phi) is 6.88. The van der Waals surface area contributed by atoms with Gasteiger partial charge < -0.3 is 19.4 Å². The number of likely N-dealkylation sites (tertiary alicyclic amines) is 1. The number of piperidine rings is 1. The highest BCUT2D eigenvalue weighted by atomic mass is 35.5. The summed E-state index contributed by atoms with van der Waals surface area (Å²) in [5.74, 6) is 0.833. The molecule has 10 heteroatoms. The summed E-state index contributed by atoms with van der Waals surface area (Å²) >= 11 is 5.91. The average Bonchev–Trinajstić information content (AvgIpc) is 3.24. The fraction of sp³-hybridized carbons (Fsp3) is 0.348.